The normalized spacial score (nSPS) is 10.4. The van der Waals surface area contributed by atoms with Crippen molar-refractivity contribution in [3.05, 3.63) is 107 Å². The van der Waals surface area contributed by atoms with Gasteiger partial charge < -0.3 is 20.8 Å². The summed E-state index contributed by atoms with van der Waals surface area (Å²) in [6.07, 6.45) is 0. The summed E-state index contributed by atoms with van der Waals surface area (Å²) >= 11 is 0. The molecular weight excluding hydrogens is 588 g/mol. The number of nitrogens with zero attached hydrogens (tertiary/aromatic N) is 4. The van der Waals surface area contributed by atoms with Crippen molar-refractivity contribution < 1.29 is 36.4 Å². The summed E-state index contributed by atoms with van der Waals surface area (Å²) in [4.78, 5) is 8.33. The molecule has 2 aromatic carbocycles. The van der Waals surface area contributed by atoms with Gasteiger partial charge in [0.25, 0.3) is 0 Å². The number of pyridine rings is 2. The zero-order chi connectivity index (χ0) is 30.3. The Morgan fingerprint density at radius 3 is 0.976 bits per heavy atom. The molecule has 6 nitrogen and oxygen atoms in total. The third-order valence-electron chi connectivity index (χ3n) is 5.43. The van der Waals surface area contributed by atoms with Crippen molar-refractivity contribution in [1.82, 2.24) is 9.97 Å². The smallest absolute Gasteiger partial charge is 0.858 e. The number of aromatic nitrogens is 2. The molecule has 216 valence electrons. The van der Waals surface area contributed by atoms with Gasteiger partial charge in [-0.05, 0) is 46.1 Å². The molecule has 0 radical (unpaired) electrons. The Kier molecular flexibility index (Phi) is 17.3. The van der Waals surface area contributed by atoms with Crippen LogP contribution in [0.5, 0.6) is 11.8 Å². The van der Waals surface area contributed by atoms with Gasteiger partial charge in [-0.1, -0.05) is 114 Å². The molecule has 0 spiro atoms. The minimum Gasteiger partial charge on any atom is -0.858 e. The molecule has 0 atom stereocenters. The van der Waals surface area contributed by atoms with Crippen LogP contribution in [0.1, 0.15) is 52.9 Å². The number of hydrogen-bond donors (Lipinski definition) is 0. The second kappa shape index (κ2) is 18.6. The average molecular weight is 632 g/mol. The van der Waals surface area contributed by atoms with Gasteiger partial charge in [0.2, 0.25) is 0 Å². The predicted molar refractivity (Wildman–Crippen MR) is 166 cm³/mol. The topological polar surface area (TPSA) is 100 Å². The van der Waals surface area contributed by atoms with Crippen LogP contribution in [-0.4, -0.2) is 38.2 Å². The Bertz CT molecular complexity index is 1170. The first-order chi connectivity index (χ1) is 18.8. The Balaban J connectivity index is 0.000000642. The average Bonchev–Trinajstić information content (AvgIpc) is 2.90. The van der Waals surface area contributed by atoms with Crippen LogP contribution in [0, 0.1) is 0 Å². The fourth-order valence-corrected chi connectivity index (χ4v) is 3.39. The van der Waals surface area contributed by atoms with Crippen LogP contribution < -0.4 is 10.2 Å². The summed E-state index contributed by atoms with van der Waals surface area (Å²) in [5, 5.41) is 31.0. The van der Waals surface area contributed by atoms with Crippen LogP contribution >= 0.6 is 0 Å². The first-order valence-electron chi connectivity index (χ1n) is 13.2. The Morgan fingerprint density at radius 2 is 0.756 bits per heavy atom. The molecule has 0 saturated heterocycles. The molecule has 4 aromatic rings. The van der Waals surface area contributed by atoms with Gasteiger partial charge >= 0.3 is 26.2 Å². The van der Waals surface area contributed by atoms with Crippen molar-refractivity contribution >= 4 is 0 Å². The molecule has 0 saturated carbocycles. The monoisotopic (exact) mass is 630 g/mol. The van der Waals surface area contributed by atoms with Crippen LogP contribution in [0.2, 0.25) is 0 Å². The molecule has 0 bridgehead atoms. The molecule has 2 aromatic heterocycles. The molecule has 41 heavy (non-hydrogen) atoms. The van der Waals surface area contributed by atoms with Crippen LogP contribution in [0.15, 0.2) is 84.9 Å². The van der Waals surface area contributed by atoms with Gasteiger partial charge in [0.05, 0.1) is 0 Å². The third kappa shape index (κ3) is 13.1. The minimum atomic E-state index is -0.149. The van der Waals surface area contributed by atoms with E-state index in [4.69, 9.17) is 0 Å². The van der Waals surface area contributed by atoms with Gasteiger partial charge in [-0.15, -0.1) is 0 Å². The molecule has 0 N–H and O–H groups in total. The van der Waals surface area contributed by atoms with Crippen LogP contribution in [0.3, 0.4) is 0 Å². The van der Waals surface area contributed by atoms with Crippen molar-refractivity contribution in [2.75, 3.05) is 28.2 Å². The quantitative estimate of drug-likeness (QED) is 0.229. The van der Waals surface area contributed by atoms with Gasteiger partial charge in [-0.25, -0.2) is 0 Å². The van der Waals surface area contributed by atoms with Gasteiger partial charge in [-0.3, -0.25) is 9.97 Å². The Labute approximate surface area is 266 Å². The second-order valence-corrected chi connectivity index (χ2v) is 11.2. The molecule has 4 rings (SSSR count). The summed E-state index contributed by atoms with van der Waals surface area (Å²) in [5.74, 6) is -0.299. The van der Waals surface area contributed by atoms with E-state index in [0.717, 1.165) is 22.5 Å². The molecule has 0 aliphatic heterocycles. The van der Waals surface area contributed by atoms with Crippen molar-refractivity contribution in [2.45, 2.75) is 52.4 Å². The summed E-state index contributed by atoms with van der Waals surface area (Å²) in [5.41, 5.74) is 4.67. The molecule has 0 aliphatic rings. The van der Waals surface area contributed by atoms with Gasteiger partial charge in [0.15, 0.2) is 0 Å². The zero-order valence-electron chi connectivity index (χ0n) is 26.2. The van der Waals surface area contributed by atoms with E-state index in [1.807, 2.05) is 84.9 Å². The molecule has 7 heteroatoms. The van der Waals surface area contributed by atoms with Crippen molar-refractivity contribution in [1.29, 1.82) is 0 Å². The van der Waals surface area contributed by atoms with E-state index in [1.165, 1.54) is 0 Å². The SMILES string of the molecule is CC(C)(C)c1ccc(-c2ccccc2)c([O-])n1.CC(C)(C)c1ccc(-c2ccccc2)c([O-])n1.C[N-]C.C[N-]C.[Zr+4]. The molecule has 0 unspecified atom stereocenters. The maximum absolute atomic E-state index is 12.0. The zero-order valence-corrected chi connectivity index (χ0v) is 28.6. The van der Waals surface area contributed by atoms with E-state index in [9.17, 15) is 10.2 Å². The third-order valence-corrected chi connectivity index (χ3v) is 5.43. The fraction of sp³-hybridized carbons (Fsp3) is 0.353. The summed E-state index contributed by atoms with van der Waals surface area (Å²) in [6, 6.07) is 26.9. The molecular formula is C34H44N4O2Zr. The van der Waals surface area contributed by atoms with E-state index in [1.54, 1.807) is 28.2 Å². The van der Waals surface area contributed by atoms with E-state index >= 15 is 0 Å². The standard InChI is InChI=1S/2C15H17NO.2C2H6N.Zr/c2*1-15(2,3)13-10-9-12(14(17)16-13)11-7-5-4-6-8-11;2*1-3-2;/h2*4-10H,1-3H3,(H,16,17);2*1-2H3;/q;;2*-1;+4/p-2. The molecule has 0 amide bonds. The van der Waals surface area contributed by atoms with Gasteiger partial charge in [0, 0.05) is 22.2 Å². The van der Waals surface area contributed by atoms with Gasteiger partial charge in [-0.2, -0.15) is 28.2 Å². The number of benzene rings is 2. The first kappa shape index (κ1) is 38.1. The molecule has 0 fully saturated rings. The van der Waals surface area contributed by atoms with Gasteiger partial charge in [0.1, 0.15) is 0 Å². The Hall–Kier alpha value is -2.86. The summed E-state index contributed by atoms with van der Waals surface area (Å²) in [7, 11) is 7.00. The van der Waals surface area contributed by atoms with Crippen LogP contribution in [0.4, 0.5) is 0 Å². The summed E-state index contributed by atoms with van der Waals surface area (Å²) < 4.78 is 0. The first-order valence-corrected chi connectivity index (χ1v) is 13.2. The van der Waals surface area contributed by atoms with E-state index in [-0.39, 0.29) is 48.8 Å². The number of hydrogen-bond acceptors (Lipinski definition) is 4. The molecule has 0 aliphatic carbocycles. The van der Waals surface area contributed by atoms with E-state index in [0.29, 0.717) is 11.1 Å². The van der Waals surface area contributed by atoms with Crippen molar-refractivity contribution in [3.8, 4) is 34.0 Å². The van der Waals surface area contributed by atoms with Crippen LogP contribution in [0.25, 0.3) is 32.9 Å². The van der Waals surface area contributed by atoms with E-state index < -0.39 is 0 Å². The Morgan fingerprint density at radius 1 is 0.488 bits per heavy atom. The van der Waals surface area contributed by atoms with Crippen molar-refractivity contribution in [3.63, 3.8) is 0 Å². The fourth-order valence-electron chi connectivity index (χ4n) is 3.39. The predicted octanol–water partition coefficient (Wildman–Crippen LogP) is 7.48. The maximum Gasteiger partial charge on any atom is 4.00 e. The molecule has 2 heterocycles. The maximum atomic E-state index is 12.0. The van der Waals surface area contributed by atoms with Crippen molar-refractivity contribution in [2.24, 2.45) is 0 Å². The minimum absolute atomic E-state index is 0. The second-order valence-electron chi connectivity index (χ2n) is 11.2. The largest absolute Gasteiger partial charge is 4.00 e. The number of rotatable bonds is 2. The van der Waals surface area contributed by atoms with E-state index in [2.05, 4.69) is 62.1 Å². The summed E-state index contributed by atoms with van der Waals surface area (Å²) in [6.45, 7) is 12.3. The van der Waals surface area contributed by atoms with Crippen LogP contribution in [-0.2, 0) is 37.0 Å².